The molecule has 1 aliphatic rings. The maximum absolute atomic E-state index is 9.11. The number of nitriles is 1. The van der Waals surface area contributed by atoms with Crippen molar-refractivity contribution in [1.82, 2.24) is 15.2 Å². The smallest absolute Gasteiger partial charge is 0.144 e. The summed E-state index contributed by atoms with van der Waals surface area (Å²) in [5.74, 6) is 0.711. The van der Waals surface area contributed by atoms with Gasteiger partial charge in [-0.05, 0) is 31.5 Å². The zero-order valence-electron chi connectivity index (χ0n) is 11.4. The summed E-state index contributed by atoms with van der Waals surface area (Å²) in [5, 5.41) is 15.7. The molecule has 0 unspecified atom stereocenters. The molecule has 2 rings (SSSR count). The van der Waals surface area contributed by atoms with Gasteiger partial charge in [0.1, 0.15) is 11.9 Å². The van der Waals surface area contributed by atoms with Gasteiger partial charge in [0.2, 0.25) is 0 Å². The Hall–Kier alpha value is -1.64. The van der Waals surface area contributed by atoms with E-state index in [2.05, 4.69) is 26.6 Å². The van der Waals surface area contributed by atoms with Crippen molar-refractivity contribution in [2.75, 3.05) is 44.6 Å². The van der Waals surface area contributed by atoms with Crippen molar-refractivity contribution in [3.63, 3.8) is 0 Å². The summed E-state index contributed by atoms with van der Waals surface area (Å²) in [5.41, 5.74) is 1.63. The minimum absolute atomic E-state index is 0.657. The molecule has 1 aromatic heterocycles. The fraction of sp³-hybridized carbons (Fsp3) is 0.571. The number of aryl methyl sites for hydroxylation is 1. The molecule has 0 bridgehead atoms. The molecule has 102 valence electrons. The van der Waals surface area contributed by atoms with E-state index in [-0.39, 0.29) is 0 Å². The Morgan fingerprint density at radius 2 is 2.26 bits per heavy atom. The average molecular weight is 259 g/mol. The zero-order chi connectivity index (χ0) is 13.5. The van der Waals surface area contributed by atoms with Gasteiger partial charge in [0, 0.05) is 38.9 Å². The first kappa shape index (κ1) is 13.8. The number of piperazine rings is 1. The van der Waals surface area contributed by atoms with Gasteiger partial charge in [-0.1, -0.05) is 0 Å². The molecule has 19 heavy (non-hydrogen) atoms. The third-order valence-electron chi connectivity index (χ3n) is 3.42. The topological polar surface area (TPSA) is 64.0 Å². The number of nitrogens with one attached hydrogen (secondary N) is 2. The number of hydrogen-bond acceptors (Lipinski definition) is 5. The second kappa shape index (κ2) is 7.07. The molecule has 0 amide bonds. The molecule has 0 saturated carbocycles. The molecule has 1 saturated heterocycles. The van der Waals surface area contributed by atoms with Gasteiger partial charge in [-0.3, -0.25) is 0 Å². The van der Waals surface area contributed by atoms with Crippen LogP contribution >= 0.6 is 0 Å². The Morgan fingerprint density at radius 3 is 3.00 bits per heavy atom. The van der Waals surface area contributed by atoms with Crippen LogP contribution in [-0.2, 0) is 0 Å². The number of rotatable bonds is 5. The third kappa shape index (κ3) is 3.91. The second-order valence-corrected chi connectivity index (χ2v) is 4.84. The lowest BCUT2D eigenvalue weighted by Gasteiger charge is -2.27. The van der Waals surface area contributed by atoms with Gasteiger partial charge in [-0.25, -0.2) is 4.98 Å². The predicted octanol–water partition coefficient (Wildman–Crippen LogP) is 0.969. The lowest BCUT2D eigenvalue weighted by molar-refractivity contribution is 0.240. The number of hydrogen-bond donors (Lipinski definition) is 2. The van der Waals surface area contributed by atoms with E-state index in [1.165, 1.54) is 0 Å². The summed E-state index contributed by atoms with van der Waals surface area (Å²) in [7, 11) is 0. The van der Waals surface area contributed by atoms with Crippen LogP contribution in [0.2, 0.25) is 0 Å². The molecule has 2 N–H and O–H groups in total. The molecule has 1 aromatic rings. The highest BCUT2D eigenvalue weighted by atomic mass is 15.2. The van der Waals surface area contributed by atoms with Crippen LogP contribution in [0.15, 0.2) is 12.3 Å². The van der Waals surface area contributed by atoms with Crippen molar-refractivity contribution in [2.24, 2.45) is 0 Å². The first-order valence-corrected chi connectivity index (χ1v) is 6.84. The van der Waals surface area contributed by atoms with Crippen molar-refractivity contribution >= 4 is 5.82 Å². The summed E-state index contributed by atoms with van der Waals surface area (Å²) in [6.07, 6.45) is 2.81. The van der Waals surface area contributed by atoms with E-state index < -0.39 is 0 Å². The summed E-state index contributed by atoms with van der Waals surface area (Å²) in [6, 6.07) is 4.08. The number of nitrogens with zero attached hydrogens (tertiary/aromatic N) is 3. The number of aromatic nitrogens is 1. The Labute approximate surface area is 114 Å². The quantitative estimate of drug-likeness (QED) is 0.771. The Morgan fingerprint density at radius 1 is 1.47 bits per heavy atom. The van der Waals surface area contributed by atoms with Crippen molar-refractivity contribution in [1.29, 1.82) is 5.26 Å². The maximum Gasteiger partial charge on any atom is 0.144 e. The first-order chi connectivity index (χ1) is 9.31. The second-order valence-electron chi connectivity index (χ2n) is 4.84. The molecule has 5 heteroatoms. The molecular formula is C14H21N5. The van der Waals surface area contributed by atoms with Crippen molar-refractivity contribution in [3.8, 4) is 6.07 Å². The van der Waals surface area contributed by atoms with Gasteiger partial charge in [0.05, 0.1) is 5.56 Å². The molecule has 1 fully saturated rings. The highest BCUT2D eigenvalue weighted by Crippen LogP contribution is 2.14. The van der Waals surface area contributed by atoms with Crippen LogP contribution in [0, 0.1) is 18.3 Å². The van der Waals surface area contributed by atoms with Gasteiger partial charge in [0.15, 0.2) is 0 Å². The molecule has 0 aromatic carbocycles. The third-order valence-corrected chi connectivity index (χ3v) is 3.42. The highest BCUT2D eigenvalue weighted by molar-refractivity contribution is 5.55. The number of pyridine rings is 1. The lowest BCUT2D eigenvalue weighted by Crippen LogP contribution is -2.44. The molecule has 0 atom stereocenters. The Balaban J connectivity index is 1.76. The van der Waals surface area contributed by atoms with Crippen LogP contribution in [0.5, 0.6) is 0 Å². The van der Waals surface area contributed by atoms with Crippen LogP contribution in [0.3, 0.4) is 0 Å². The monoisotopic (exact) mass is 259 g/mol. The van der Waals surface area contributed by atoms with E-state index in [0.29, 0.717) is 11.4 Å². The van der Waals surface area contributed by atoms with Crippen LogP contribution in [0.4, 0.5) is 5.82 Å². The summed E-state index contributed by atoms with van der Waals surface area (Å²) in [4.78, 5) is 6.70. The van der Waals surface area contributed by atoms with E-state index in [0.717, 1.165) is 51.3 Å². The minimum atomic E-state index is 0.657. The van der Waals surface area contributed by atoms with Crippen molar-refractivity contribution < 1.29 is 0 Å². The van der Waals surface area contributed by atoms with E-state index >= 15 is 0 Å². The average Bonchev–Trinajstić information content (AvgIpc) is 2.45. The van der Waals surface area contributed by atoms with Gasteiger partial charge in [0.25, 0.3) is 0 Å². The summed E-state index contributed by atoms with van der Waals surface area (Å²) in [6.45, 7) is 8.33. The fourth-order valence-electron chi connectivity index (χ4n) is 2.28. The van der Waals surface area contributed by atoms with Crippen LogP contribution in [0.25, 0.3) is 0 Å². The van der Waals surface area contributed by atoms with E-state index in [4.69, 9.17) is 5.26 Å². The number of anilines is 1. The minimum Gasteiger partial charge on any atom is -0.369 e. The standard InChI is InChI=1S/C14H21N5/c1-12-3-5-18-14(13(12)11-15)17-4-2-8-19-9-6-16-7-10-19/h3,5,16H,2,4,6-10H2,1H3,(H,17,18). The van der Waals surface area contributed by atoms with Crippen LogP contribution < -0.4 is 10.6 Å². The van der Waals surface area contributed by atoms with E-state index in [1.54, 1.807) is 6.20 Å². The molecule has 0 aliphatic carbocycles. The van der Waals surface area contributed by atoms with Gasteiger partial charge in [-0.2, -0.15) is 5.26 Å². The van der Waals surface area contributed by atoms with E-state index in [1.807, 2.05) is 13.0 Å². The largest absolute Gasteiger partial charge is 0.369 e. The summed E-state index contributed by atoms with van der Waals surface area (Å²) < 4.78 is 0. The Kier molecular flexibility index (Phi) is 5.13. The summed E-state index contributed by atoms with van der Waals surface area (Å²) >= 11 is 0. The normalized spacial score (nSPS) is 16.0. The van der Waals surface area contributed by atoms with Gasteiger partial charge in [-0.15, -0.1) is 0 Å². The van der Waals surface area contributed by atoms with Crippen molar-refractivity contribution in [2.45, 2.75) is 13.3 Å². The van der Waals surface area contributed by atoms with Crippen LogP contribution in [-0.4, -0.2) is 49.2 Å². The highest BCUT2D eigenvalue weighted by Gasteiger charge is 2.09. The zero-order valence-corrected chi connectivity index (χ0v) is 11.4. The van der Waals surface area contributed by atoms with Gasteiger partial charge < -0.3 is 15.5 Å². The van der Waals surface area contributed by atoms with Crippen molar-refractivity contribution in [3.05, 3.63) is 23.4 Å². The molecule has 1 aliphatic heterocycles. The van der Waals surface area contributed by atoms with Crippen LogP contribution in [0.1, 0.15) is 17.5 Å². The Bertz CT molecular complexity index is 446. The maximum atomic E-state index is 9.11. The molecular weight excluding hydrogens is 238 g/mol. The molecule has 2 heterocycles. The van der Waals surface area contributed by atoms with Gasteiger partial charge >= 0.3 is 0 Å². The van der Waals surface area contributed by atoms with E-state index in [9.17, 15) is 0 Å². The SMILES string of the molecule is Cc1ccnc(NCCCN2CCNCC2)c1C#N. The first-order valence-electron chi connectivity index (χ1n) is 6.84. The molecule has 0 spiro atoms. The predicted molar refractivity (Wildman–Crippen MR) is 76.1 cm³/mol. The molecule has 0 radical (unpaired) electrons. The lowest BCUT2D eigenvalue weighted by atomic mass is 10.1. The fourth-order valence-corrected chi connectivity index (χ4v) is 2.28. The molecule has 5 nitrogen and oxygen atoms in total.